The zero-order valence-corrected chi connectivity index (χ0v) is 17.0. The molecule has 6 heteroatoms. The molecule has 28 heavy (non-hydrogen) atoms. The van der Waals surface area contributed by atoms with Crippen molar-refractivity contribution in [2.45, 2.75) is 32.5 Å². The van der Waals surface area contributed by atoms with Crippen molar-refractivity contribution in [1.29, 1.82) is 0 Å². The normalized spacial score (nSPS) is 11.2. The van der Waals surface area contributed by atoms with Crippen LogP contribution in [0.15, 0.2) is 53.7 Å². The lowest BCUT2D eigenvalue weighted by molar-refractivity contribution is 0.102. The van der Waals surface area contributed by atoms with Crippen LogP contribution in [0.4, 0.5) is 0 Å². The smallest absolute Gasteiger partial charge is 0.191 e. The number of aromatic nitrogens is 4. The first-order chi connectivity index (χ1) is 13.6. The Morgan fingerprint density at radius 3 is 2.61 bits per heavy atom. The highest BCUT2D eigenvalue weighted by atomic mass is 32.2. The number of nitrogens with zero attached hydrogens (tertiary/aromatic N) is 3. The second-order valence-corrected chi connectivity index (χ2v) is 7.69. The van der Waals surface area contributed by atoms with Crippen molar-refractivity contribution in [3.8, 4) is 11.4 Å². The first-order valence-electron chi connectivity index (χ1n) is 9.32. The van der Waals surface area contributed by atoms with E-state index in [0.717, 1.165) is 50.8 Å². The van der Waals surface area contributed by atoms with Crippen molar-refractivity contribution in [2.24, 2.45) is 0 Å². The van der Waals surface area contributed by atoms with Crippen LogP contribution in [-0.4, -0.2) is 31.3 Å². The Labute approximate surface area is 168 Å². The van der Waals surface area contributed by atoms with Crippen LogP contribution < -0.4 is 0 Å². The second-order valence-electron chi connectivity index (χ2n) is 6.75. The standard InChI is InChI=1S/C22H22N4OS/c1-4-26-21(16-10-6-5-9-14(16)2)24-25-22(26)28-13-19(27)20-15(3)23-18-12-8-7-11-17(18)20/h5-12,23H,4,13H2,1-3H3. The number of Topliss-reactive ketones (excluding diaryl/α,β-unsaturated/α-hetero) is 1. The van der Waals surface area contributed by atoms with Gasteiger partial charge in [-0.15, -0.1) is 10.2 Å². The van der Waals surface area contributed by atoms with Gasteiger partial charge in [0.05, 0.1) is 5.75 Å². The third-order valence-corrected chi connectivity index (χ3v) is 5.89. The van der Waals surface area contributed by atoms with Crippen LogP contribution in [0.1, 0.15) is 28.5 Å². The average molecular weight is 391 g/mol. The number of benzene rings is 2. The molecule has 142 valence electrons. The van der Waals surface area contributed by atoms with Gasteiger partial charge in [0.25, 0.3) is 0 Å². The molecule has 0 aliphatic carbocycles. The van der Waals surface area contributed by atoms with Crippen molar-refractivity contribution in [1.82, 2.24) is 19.7 Å². The molecule has 2 aromatic heterocycles. The molecule has 0 radical (unpaired) electrons. The molecule has 0 saturated carbocycles. The Bertz CT molecular complexity index is 1160. The van der Waals surface area contributed by atoms with Crippen LogP contribution in [0, 0.1) is 13.8 Å². The van der Waals surface area contributed by atoms with Gasteiger partial charge in [-0.3, -0.25) is 4.79 Å². The summed E-state index contributed by atoms with van der Waals surface area (Å²) in [5.41, 5.74) is 4.90. The summed E-state index contributed by atoms with van der Waals surface area (Å²) in [5.74, 6) is 1.27. The lowest BCUT2D eigenvalue weighted by Crippen LogP contribution is -2.06. The number of rotatable bonds is 6. The topological polar surface area (TPSA) is 63.6 Å². The maximum absolute atomic E-state index is 12.9. The van der Waals surface area contributed by atoms with Crippen molar-refractivity contribution in [2.75, 3.05) is 5.75 Å². The number of hydrogen-bond acceptors (Lipinski definition) is 4. The second kappa shape index (κ2) is 7.64. The molecule has 0 amide bonds. The van der Waals surface area contributed by atoms with E-state index in [-0.39, 0.29) is 5.78 Å². The van der Waals surface area contributed by atoms with E-state index in [0.29, 0.717) is 5.75 Å². The summed E-state index contributed by atoms with van der Waals surface area (Å²) in [6.07, 6.45) is 0. The molecule has 2 aromatic carbocycles. The monoisotopic (exact) mass is 390 g/mol. The van der Waals surface area contributed by atoms with Gasteiger partial charge < -0.3 is 9.55 Å². The first-order valence-corrected chi connectivity index (χ1v) is 10.3. The number of aromatic amines is 1. The fraction of sp³-hybridized carbons (Fsp3) is 0.227. The quantitative estimate of drug-likeness (QED) is 0.370. The van der Waals surface area contributed by atoms with Crippen LogP contribution in [0.25, 0.3) is 22.3 Å². The Kier molecular flexibility index (Phi) is 5.05. The molecule has 5 nitrogen and oxygen atoms in total. The lowest BCUT2D eigenvalue weighted by atomic mass is 10.1. The summed E-state index contributed by atoms with van der Waals surface area (Å²) < 4.78 is 2.07. The van der Waals surface area contributed by atoms with Gasteiger partial charge in [-0.05, 0) is 32.4 Å². The summed E-state index contributed by atoms with van der Waals surface area (Å²) >= 11 is 1.44. The summed E-state index contributed by atoms with van der Waals surface area (Å²) in [6.45, 7) is 6.84. The Hall–Kier alpha value is -2.86. The van der Waals surface area contributed by atoms with Crippen LogP contribution in [-0.2, 0) is 6.54 Å². The minimum Gasteiger partial charge on any atom is -0.358 e. The average Bonchev–Trinajstić information content (AvgIpc) is 3.26. The molecular weight excluding hydrogens is 368 g/mol. The fourth-order valence-electron chi connectivity index (χ4n) is 3.54. The maximum Gasteiger partial charge on any atom is 0.191 e. The fourth-order valence-corrected chi connectivity index (χ4v) is 4.42. The van der Waals surface area contributed by atoms with E-state index < -0.39 is 0 Å². The van der Waals surface area contributed by atoms with Crippen LogP contribution in [0.2, 0.25) is 0 Å². The first kappa shape index (κ1) is 18.5. The number of ketones is 1. The number of nitrogens with one attached hydrogen (secondary N) is 1. The predicted octanol–water partition coefficient (Wildman–Crippen LogP) is 5.04. The molecule has 0 saturated heterocycles. The molecule has 2 heterocycles. The Balaban J connectivity index is 1.59. The van der Waals surface area contributed by atoms with Crippen molar-refractivity contribution in [3.05, 3.63) is 65.4 Å². The minimum atomic E-state index is 0.100. The van der Waals surface area contributed by atoms with Gasteiger partial charge >= 0.3 is 0 Å². The van der Waals surface area contributed by atoms with Gasteiger partial charge in [0.2, 0.25) is 0 Å². The van der Waals surface area contributed by atoms with Crippen LogP contribution in [0.5, 0.6) is 0 Å². The highest BCUT2D eigenvalue weighted by Gasteiger charge is 2.19. The molecule has 4 rings (SSSR count). The summed E-state index contributed by atoms with van der Waals surface area (Å²) in [5, 5.41) is 10.5. The third kappa shape index (κ3) is 3.24. The number of hydrogen-bond donors (Lipinski definition) is 1. The number of fused-ring (bicyclic) bond motifs is 1. The summed E-state index contributed by atoms with van der Waals surface area (Å²) in [4.78, 5) is 16.2. The zero-order chi connectivity index (χ0) is 19.7. The van der Waals surface area contributed by atoms with Crippen LogP contribution >= 0.6 is 11.8 Å². The van der Waals surface area contributed by atoms with Gasteiger partial charge in [-0.25, -0.2) is 0 Å². The van der Waals surface area contributed by atoms with Gasteiger partial charge in [0.15, 0.2) is 16.8 Å². The molecule has 0 spiro atoms. The predicted molar refractivity (Wildman–Crippen MR) is 114 cm³/mol. The molecule has 0 unspecified atom stereocenters. The number of H-pyrrole nitrogens is 1. The molecule has 1 N–H and O–H groups in total. The van der Waals surface area contributed by atoms with Crippen molar-refractivity contribution >= 4 is 28.4 Å². The highest BCUT2D eigenvalue weighted by Crippen LogP contribution is 2.28. The largest absolute Gasteiger partial charge is 0.358 e. The summed E-state index contributed by atoms with van der Waals surface area (Å²) in [6, 6.07) is 16.1. The number of carbonyl (C=O) groups is 1. The molecule has 0 aliphatic heterocycles. The van der Waals surface area contributed by atoms with Gasteiger partial charge in [-0.2, -0.15) is 0 Å². The molecular formula is C22H22N4OS. The van der Waals surface area contributed by atoms with E-state index in [4.69, 9.17) is 0 Å². The number of carbonyl (C=O) groups excluding carboxylic acids is 1. The molecule has 0 aliphatic rings. The Morgan fingerprint density at radius 1 is 1.07 bits per heavy atom. The molecule has 0 atom stereocenters. The minimum absolute atomic E-state index is 0.100. The lowest BCUT2D eigenvalue weighted by Gasteiger charge is -2.09. The number of thioether (sulfide) groups is 1. The van der Waals surface area contributed by atoms with Gasteiger partial charge in [-0.1, -0.05) is 54.2 Å². The van der Waals surface area contributed by atoms with Crippen molar-refractivity contribution < 1.29 is 4.79 Å². The number of para-hydroxylation sites is 1. The third-order valence-electron chi connectivity index (χ3n) is 4.92. The van der Waals surface area contributed by atoms with E-state index in [2.05, 4.69) is 45.7 Å². The highest BCUT2D eigenvalue weighted by molar-refractivity contribution is 7.99. The zero-order valence-electron chi connectivity index (χ0n) is 16.2. The maximum atomic E-state index is 12.9. The van der Waals surface area contributed by atoms with E-state index >= 15 is 0 Å². The van der Waals surface area contributed by atoms with E-state index in [1.165, 1.54) is 11.8 Å². The Morgan fingerprint density at radius 2 is 1.82 bits per heavy atom. The van der Waals surface area contributed by atoms with E-state index in [9.17, 15) is 4.79 Å². The molecule has 0 fully saturated rings. The summed E-state index contributed by atoms with van der Waals surface area (Å²) in [7, 11) is 0. The molecule has 0 bridgehead atoms. The van der Waals surface area contributed by atoms with E-state index in [1.807, 2.05) is 43.3 Å². The van der Waals surface area contributed by atoms with Gasteiger partial charge in [0.1, 0.15) is 0 Å². The molecule has 4 aromatic rings. The number of aryl methyl sites for hydroxylation is 2. The van der Waals surface area contributed by atoms with Crippen LogP contribution in [0.3, 0.4) is 0 Å². The van der Waals surface area contributed by atoms with Gasteiger partial charge in [0, 0.05) is 34.3 Å². The SMILES string of the molecule is CCn1c(SCC(=O)c2c(C)[nH]c3ccccc23)nnc1-c1ccccc1C. The van der Waals surface area contributed by atoms with E-state index in [1.54, 1.807) is 0 Å². The van der Waals surface area contributed by atoms with Crippen molar-refractivity contribution in [3.63, 3.8) is 0 Å².